The number of carbonyl (C=O) groups is 2. The lowest BCUT2D eigenvalue weighted by Gasteiger charge is -2.25. The van der Waals surface area contributed by atoms with Crippen molar-refractivity contribution in [2.75, 3.05) is 5.73 Å². The monoisotopic (exact) mass is 476 g/mol. The molecule has 0 aromatic heterocycles. The first-order valence-electron chi connectivity index (χ1n) is 11.5. The summed E-state index contributed by atoms with van der Waals surface area (Å²) in [7, 11) is 0. The van der Waals surface area contributed by atoms with Crippen LogP contribution < -0.4 is 15.8 Å². The fourth-order valence-corrected chi connectivity index (χ4v) is 3.37. The van der Waals surface area contributed by atoms with Crippen LogP contribution in [0.25, 0.3) is 0 Å². The molecule has 4 N–H and O–H groups in total. The number of anilines is 1. The van der Waals surface area contributed by atoms with Gasteiger partial charge in [-0.25, -0.2) is 4.79 Å². The zero-order valence-electron chi connectivity index (χ0n) is 20.3. The third-order valence-electron chi connectivity index (χ3n) is 5.17. The second-order valence-corrected chi connectivity index (χ2v) is 9.29. The van der Waals surface area contributed by atoms with Crippen molar-refractivity contribution in [3.63, 3.8) is 0 Å². The van der Waals surface area contributed by atoms with Gasteiger partial charge in [0, 0.05) is 5.56 Å². The minimum atomic E-state index is -0.819. The van der Waals surface area contributed by atoms with Crippen LogP contribution in [0.1, 0.15) is 48.7 Å². The molecule has 1 unspecified atom stereocenters. The van der Waals surface area contributed by atoms with Crippen LogP contribution >= 0.6 is 0 Å². The van der Waals surface area contributed by atoms with Crippen molar-refractivity contribution in [3.05, 3.63) is 89.5 Å². The van der Waals surface area contributed by atoms with Gasteiger partial charge in [-0.05, 0) is 75.1 Å². The molecule has 3 rings (SSSR count). The fourth-order valence-electron chi connectivity index (χ4n) is 3.37. The first-order valence-corrected chi connectivity index (χ1v) is 11.5. The highest BCUT2D eigenvalue weighted by Crippen LogP contribution is 2.24. The maximum absolute atomic E-state index is 13.1. The molecule has 7 heteroatoms. The Morgan fingerprint density at radius 2 is 1.66 bits per heavy atom. The van der Waals surface area contributed by atoms with Gasteiger partial charge in [-0.2, -0.15) is 0 Å². The predicted octanol–water partition coefficient (Wildman–Crippen LogP) is 4.63. The lowest BCUT2D eigenvalue weighted by molar-refractivity contribution is -0.157. The normalized spacial score (nSPS) is 12.0. The van der Waals surface area contributed by atoms with Gasteiger partial charge in [0.2, 0.25) is 0 Å². The molecule has 35 heavy (non-hydrogen) atoms. The molecular weight excluding hydrogens is 444 g/mol. The van der Waals surface area contributed by atoms with Crippen molar-refractivity contribution in [2.45, 2.75) is 51.9 Å². The van der Waals surface area contributed by atoms with E-state index in [4.69, 9.17) is 15.2 Å². The molecule has 0 fully saturated rings. The molecule has 1 atom stereocenters. The van der Waals surface area contributed by atoms with Crippen molar-refractivity contribution >= 4 is 17.6 Å². The van der Waals surface area contributed by atoms with E-state index in [1.54, 1.807) is 63.2 Å². The van der Waals surface area contributed by atoms with Gasteiger partial charge >= 0.3 is 5.97 Å². The highest BCUT2D eigenvalue weighted by molar-refractivity contribution is 5.97. The summed E-state index contributed by atoms with van der Waals surface area (Å²) >= 11 is 0. The molecule has 0 aliphatic heterocycles. The van der Waals surface area contributed by atoms with E-state index in [1.807, 2.05) is 30.3 Å². The van der Waals surface area contributed by atoms with Gasteiger partial charge in [-0.15, -0.1) is 0 Å². The average molecular weight is 477 g/mol. The summed E-state index contributed by atoms with van der Waals surface area (Å²) in [4.78, 5) is 25.9. The predicted molar refractivity (Wildman–Crippen MR) is 135 cm³/mol. The van der Waals surface area contributed by atoms with E-state index < -0.39 is 23.5 Å². The van der Waals surface area contributed by atoms with E-state index in [1.165, 1.54) is 0 Å². The van der Waals surface area contributed by atoms with E-state index >= 15 is 0 Å². The van der Waals surface area contributed by atoms with Crippen molar-refractivity contribution in [1.82, 2.24) is 5.32 Å². The summed E-state index contributed by atoms with van der Waals surface area (Å²) in [5.74, 6) is -0.396. The Kier molecular flexibility index (Phi) is 8.36. The average Bonchev–Trinajstić information content (AvgIpc) is 2.81. The minimum Gasteiger partial charge on any atom is -0.508 e. The summed E-state index contributed by atoms with van der Waals surface area (Å²) in [6.07, 6.45) is 0.998. The van der Waals surface area contributed by atoms with Crippen LogP contribution in [0.15, 0.2) is 72.8 Å². The van der Waals surface area contributed by atoms with E-state index in [2.05, 4.69) is 5.32 Å². The zero-order chi connectivity index (χ0) is 25.4. The molecule has 0 heterocycles. The molecule has 184 valence electrons. The summed E-state index contributed by atoms with van der Waals surface area (Å²) < 4.78 is 11.3. The van der Waals surface area contributed by atoms with E-state index in [0.717, 1.165) is 11.1 Å². The number of phenols is 1. The lowest BCUT2D eigenvalue weighted by Crippen LogP contribution is -2.44. The third kappa shape index (κ3) is 8.07. The van der Waals surface area contributed by atoms with Gasteiger partial charge in [-0.3, -0.25) is 4.79 Å². The highest BCUT2D eigenvalue weighted by Gasteiger charge is 2.27. The molecular formula is C28H32N2O5. The number of ether oxygens (including phenoxy) is 2. The van der Waals surface area contributed by atoms with E-state index in [9.17, 15) is 14.7 Å². The van der Waals surface area contributed by atoms with Gasteiger partial charge in [0.15, 0.2) is 0 Å². The molecule has 0 radical (unpaired) electrons. The summed E-state index contributed by atoms with van der Waals surface area (Å²) in [6.45, 7) is 5.59. The Morgan fingerprint density at radius 3 is 2.31 bits per heavy atom. The number of carbonyl (C=O) groups excluding carboxylic acids is 2. The van der Waals surface area contributed by atoms with Gasteiger partial charge in [0.1, 0.15) is 29.7 Å². The minimum absolute atomic E-state index is 0.165. The van der Waals surface area contributed by atoms with Gasteiger partial charge < -0.3 is 25.6 Å². The van der Waals surface area contributed by atoms with Crippen LogP contribution in [0.2, 0.25) is 0 Å². The van der Waals surface area contributed by atoms with Gasteiger partial charge in [0.05, 0.1) is 5.69 Å². The third-order valence-corrected chi connectivity index (χ3v) is 5.17. The second kappa shape index (κ2) is 11.4. The molecule has 0 aliphatic carbocycles. The van der Waals surface area contributed by atoms with Crippen LogP contribution in [0, 0.1) is 0 Å². The van der Waals surface area contributed by atoms with E-state index in [-0.39, 0.29) is 12.4 Å². The quantitative estimate of drug-likeness (QED) is 0.307. The number of nitrogens with one attached hydrogen (secondary N) is 1. The second-order valence-electron chi connectivity index (χ2n) is 9.29. The van der Waals surface area contributed by atoms with Crippen molar-refractivity contribution in [2.24, 2.45) is 0 Å². The summed E-state index contributed by atoms with van der Waals surface area (Å²) in [6, 6.07) is 20.3. The maximum Gasteiger partial charge on any atom is 0.329 e. The van der Waals surface area contributed by atoms with Gasteiger partial charge in [0.25, 0.3) is 5.91 Å². The van der Waals surface area contributed by atoms with Crippen molar-refractivity contribution in [1.29, 1.82) is 0 Å². The number of aryl methyl sites for hydroxylation is 1. The summed E-state index contributed by atoms with van der Waals surface area (Å²) in [5, 5.41) is 12.2. The highest BCUT2D eigenvalue weighted by atomic mass is 16.6. The molecule has 3 aromatic carbocycles. The Balaban J connectivity index is 1.71. The Morgan fingerprint density at radius 1 is 0.971 bits per heavy atom. The van der Waals surface area contributed by atoms with Crippen LogP contribution in [0.3, 0.4) is 0 Å². The first-order chi connectivity index (χ1) is 16.6. The Hall–Kier alpha value is -4.00. The molecule has 0 bridgehead atoms. The molecule has 0 aliphatic rings. The van der Waals surface area contributed by atoms with Crippen LogP contribution in [-0.2, 0) is 22.6 Å². The number of nitrogens with two attached hydrogens (primary N) is 1. The van der Waals surface area contributed by atoms with Gasteiger partial charge in [-0.1, -0.05) is 42.5 Å². The van der Waals surface area contributed by atoms with Crippen molar-refractivity contribution in [3.8, 4) is 11.5 Å². The number of aromatic hydroxyl groups is 1. The maximum atomic E-state index is 13.1. The molecule has 0 saturated heterocycles. The molecule has 7 nitrogen and oxygen atoms in total. The molecule has 1 amide bonds. The molecule has 0 saturated carbocycles. The Bertz CT molecular complexity index is 1140. The van der Waals surface area contributed by atoms with Crippen LogP contribution in [-0.4, -0.2) is 28.6 Å². The molecule has 0 spiro atoms. The number of rotatable bonds is 9. The number of nitrogen functional groups attached to an aromatic ring is 1. The number of hydrogen-bond donors (Lipinski definition) is 3. The zero-order valence-corrected chi connectivity index (χ0v) is 20.3. The number of phenolic OH excluding ortho intramolecular Hbond substituents is 1. The SMILES string of the molecule is CC(C)(C)OC(=O)C(CCc1ccccc1)NC(=O)c1ccc(N)c(OCc2ccc(O)cc2)c1. The number of benzene rings is 3. The van der Waals surface area contributed by atoms with E-state index in [0.29, 0.717) is 29.8 Å². The van der Waals surface area contributed by atoms with Crippen molar-refractivity contribution < 1.29 is 24.2 Å². The Labute approximate surface area is 205 Å². The smallest absolute Gasteiger partial charge is 0.329 e. The van der Waals surface area contributed by atoms with Crippen LogP contribution in [0.5, 0.6) is 11.5 Å². The van der Waals surface area contributed by atoms with Crippen LogP contribution in [0.4, 0.5) is 5.69 Å². The summed E-state index contributed by atoms with van der Waals surface area (Å²) in [5.41, 5.74) is 7.96. The first kappa shape index (κ1) is 25.6. The standard InChI is InChI=1S/C28H32N2O5/c1-28(2,3)35-27(33)24(16-11-19-7-5-4-6-8-19)30-26(32)21-12-15-23(29)25(17-21)34-18-20-9-13-22(31)14-10-20/h4-10,12-15,17,24,31H,11,16,18,29H2,1-3H3,(H,30,32). The number of hydrogen-bond acceptors (Lipinski definition) is 6. The fraction of sp³-hybridized carbons (Fsp3) is 0.286. The lowest BCUT2D eigenvalue weighted by atomic mass is 10.0. The molecule has 3 aromatic rings. The number of esters is 1. The number of amides is 1. The largest absolute Gasteiger partial charge is 0.508 e. The topological polar surface area (TPSA) is 111 Å².